The molecule has 0 radical (unpaired) electrons. The third-order valence-electron chi connectivity index (χ3n) is 2.57. The molecule has 1 saturated heterocycles. The molecule has 5 heteroatoms. The van der Waals surface area contributed by atoms with Crippen molar-refractivity contribution >= 4 is 7.12 Å². The van der Waals surface area contributed by atoms with E-state index in [4.69, 9.17) is 19.5 Å². The highest BCUT2D eigenvalue weighted by Crippen LogP contribution is 2.36. The summed E-state index contributed by atoms with van der Waals surface area (Å²) in [5.41, 5.74) is -1.61. The van der Waals surface area contributed by atoms with Gasteiger partial charge in [0.05, 0.1) is 13.2 Å². The van der Waals surface area contributed by atoms with Crippen LogP contribution in [-0.4, -0.2) is 41.7 Å². The summed E-state index contributed by atoms with van der Waals surface area (Å²) in [6.45, 7) is 4.89. The third kappa shape index (κ3) is 1.27. The van der Waals surface area contributed by atoms with E-state index in [1.807, 2.05) is 0 Å². The van der Waals surface area contributed by atoms with Gasteiger partial charge in [-0.25, -0.2) is 0 Å². The second kappa shape index (κ2) is 2.99. The smallest absolute Gasteiger partial charge is 0.401 e. The second-order valence-corrected chi connectivity index (χ2v) is 3.58. The molecule has 0 aliphatic carbocycles. The van der Waals surface area contributed by atoms with Gasteiger partial charge in [0.25, 0.3) is 0 Å². The highest BCUT2D eigenvalue weighted by molar-refractivity contribution is 6.43. The van der Waals surface area contributed by atoms with Crippen LogP contribution in [0.25, 0.3) is 0 Å². The molecule has 1 fully saturated rings. The van der Waals surface area contributed by atoms with Gasteiger partial charge in [0, 0.05) is 0 Å². The summed E-state index contributed by atoms with van der Waals surface area (Å²) >= 11 is 0. The molecule has 2 unspecified atom stereocenters. The van der Waals surface area contributed by atoms with Gasteiger partial charge in [-0.2, -0.15) is 0 Å². The number of rotatable bonds is 2. The van der Waals surface area contributed by atoms with Crippen molar-refractivity contribution in [1.82, 2.24) is 0 Å². The molecule has 0 bridgehead atoms. The van der Waals surface area contributed by atoms with Crippen molar-refractivity contribution in [1.29, 1.82) is 0 Å². The van der Waals surface area contributed by atoms with Crippen LogP contribution in [0.15, 0.2) is 0 Å². The summed E-state index contributed by atoms with van der Waals surface area (Å²) in [4.78, 5) is 0. The van der Waals surface area contributed by atoms with E-state index in [1.54, 1.807) is 20.7 Å². The molecule has 0 aromatic carbocycles. The zero-order valence-corrected chi connectivity index (χ0v) is 7.70. The summed E-state index contributed by atoms with van der Waals surface area (Å²) in [6, 6.07) is 0. The van der Waals surface area contributed by atoms with Crippen LogP contribution in [0, 0.1) is 0 Å². The molecule has 1 rings (SSSR count). The number of hydrogen-bond donors (Lipinski definition) is 2. The van der Waals surface area contributed by atoms with Gasteiger partial charge in [-0.15, -0.1) is 0 Å². The largest absolute Gasteiger partial charge is 0.454 e. The van der Waals surface area contributed by atoms with Crippen LogP contribution in [0.1, 0.15) is 13.8 Å². The Kier molecular flexibility index (Phi) is 2.49. The number of aliphatic hydroxyl groups is 2. The van der Waals surface area contributed by atoms with Gasteiger partial charge >= 0.3 is 7.12 Å². The van der Waals surface area contributed by atoms with Crippen molar-refractivity contribution in [2.24, 2.45) is 0 Å². The average Bonchev–Trinajstić information content (AvgIpc) is 2.25. The summed E-state index contributed by atoms with van der Waals surface area (Å²) in [5, 5.41) is 18.2. The quantitative estimate of drug-likeness (QED) is 0.562. The lowest BCUT2D eigenvalue weighted by Gasteiger charge is -2.36. The van der Waals surface area contributed by atoms with E-state index in [-0.39, 0.29) is 20.3 Å². The standard InChI is InChI=1S/C7H15BO4/c1-6(4-9)7(2,5-10)12-8(3)11-6/h9-10H,4-5H2,1-3H3. The van der Waals surface area contributed by atoms with Crippen LogP contribution < -0.4 is 0 Å². The SMILES string of the molecule is CB1OC(C)(CO)C(C)(CO)O1. The average molecular weight is 174 g/mol. The Morgan fingerprint density at radius 1 is 1.08 bits per heavy atom. The van der Waals surface area contributed by atoms with Gasteiger partial charge < -0.3 is 19.5 Å². The molecule has 4 nitrogen and oxygen atoms in total. The third-order valence-corrected chi connectivity index (χ3v) is 2.57. The molecular formula is C7H15BO4. The van der Waals surface area contributed by atoms with Crippen LogP contribution >= 0.6 is 0 Å². The van der Waals surface area contributed by atoms with E-state index in [2.05, 4.69) is 0 Å². The van der Waals surface area contributed by atoms with Crippen LogP contribution in [0.5, 0.6) is 0 Å². The molecule has 0 spiro atoms. The van der Waals surface area contributed by atoms with E-state index in [0.717, 1.165) is 0 Å². The number of aliphatic hydroxyl groups excluding tert-OH is 2. The zero-order valence-electron chi connectivity index (χ0n) is 7.70. The van der Waals surface area contributed by atoms with Gasteiger partial charge in [0.1, 0.15) is 11.2 Å². The molecule has 1 aliphatic heterocycles. The predicted octanol–water partition coefficient (Wildman–Crippen LogP) is -0.347. The summed E-state index contributed by atoms with van der Waals surface area (Å²) in [5.74, 6) is 0. The fraction of sp³-hybridized carbons (Fsp3) is 1.00. The van der Waals surface area contributed by atoms with E-state index in [1.165, 1.54) is 0 Å². The first kappa shape index (κ1) is 9.99. The van der Waals surface area contributed by atoms with Crippen molar-refractivity contribution in [2.45, 2.75) is 31.9 Å². The normalized spacial score (nSPS) is 42.2. The molecule has 12 heavy (non-hydrogen) atoms. The van der Waals surface area contributed by atoms with E-state index in [9.17, 15) is 0 Å². The van der Waals surface area contributed by atoms with Crippen molar-refractivity contribution in [3.63, 3.8) is 0 Å². The molecule has 0 saturated carbocycles. The van der Waals surface area contributed by atoms with E-state index >= 15 is 0 Å². The minimum atomic E-state index is -0.804. The molecule has 70 valence electrons. The Labute approximate surface area is 72.6 Å². The monoisotopic (exact) mass is 174 g/mol. The Morgan fingerprint density at radius 3 is 1.67 bits per heavy atom. The Balaban J connectivity index is 2.85. The summed E-state index contributed by atoms with van der Waals surface area (Å²) < 4.78 is 10.7. The van der Waals surface area contributed by atoms with Gasteiger partial charge in [-0.1, -0.05) is 0 Å². The van der Waals surface area contributed by atoms with Crippen LogP contribution in [-0.2, 0) is 9.31 Å². The minimum absolute atomic E-state index is 0.158. The highest BCUT2D eigenvalue weighted by Gasteiger charge is 2.54. The lowest BCUT2D eigenvalue weighted by Crippen LogP contribution is -2.52. The van der Waals surface area contributed by atoms with Gasteiger partial charge in [-0.05, 0) is 20.7 Å². The molecule has 2 N–H and O–H groups in total. The van der Waals surface area contributed by atoms with E-state index in [0.29, 0.717) is 0 Å². The van der Waals surface area contributed by atoms with Crippen LogP contribution in [0.4, 0.5) is 0 Å². The van der Waals surface area contributed by atoms with Crippen molar-refractivity contribution in [3.8, 4) is 0 Å². The molecule has 2 atom stereocenters. The lowest BCUT2D eigenvalue weighted by atomic mass is 9.87. The molecule has 0 aromatic heterocycles. The molecule has 0 aromatic rings. The minimum Gasteiger partial charge on any atom is -0.401 e. The lowest BCUT2D eigenvalue weighted by molar-refractivity contribution is -0.0842. The summed E-state index contributed by atoms with van der Waals surface area (Å²) in [6.07, 6.45) is 0. The van der Waals surface area contributed by atoms with Crippen LogP contribution in [0.3, 0.4) is 0 Å². The first-order valence-electron chi connectivity index (χ1n) is 4.05. The fourth-order valence-electron chi connectivity index (χ4n) is 1.41. The first-order valence-corrected chi connectivity index (χ1v) is 4.05. The zero-order chi connectivity index (χ0) is 9.41. The maximum absolute atomic E-state index is 9.09. The maximum Gasteiger partial charge on any atom is 0.454 e. The summed E-state index contributed by atoms with van der Waals surface area (Å²) in [7, 11) is -0.376. The molecule has 1 heterocycles. The predicted molar refractivity (Wildman–Crippen MR) is 44.8 cm³/mol. The maximum atomic E-state index is 9.09. The Morgan fingerprint density at radius 2 is 1.42 bits per heavy atom. The Bertz CT molecular complexity index is 159. The first-order chi connectivity index (χ1) is 5.47. The molecule has 1 aliphatic rings. The number of hydrogen-bond acceptors (Lipinski definition) is 4. The highest BCUT2D eigenvalue weighted by atomic mass is 16.7. The second-order valence-electron chi connectivity index (χ2n) is 3.58. The van der Waals surface area contributed by atoms with E-state index < -0.39 is 11.2 Å². The fourth-order valence-corrected chi connectivity index (χ4v) is 1.41. The van der Waals surface area contributed by atoms with Gasteiger partial charge in [-0.3, -0.25) is 0 Å². The van der Waals surface area contributed by atoms with Gasteiger partial charge in [0.2, 0.25) is 0 Å². The van der Waals surface area contributed by atoms with Crippen molar-refractivity contribution in [2.75, 3.05) is 13.2 Å². The topological polar surface area (TPSA) is 58.9 Å². The Hall–Kier alpha value is -0.0951. The molecular weight excluding hydrogens is 159 g/mol. The van der Waals surface area contributed by atoms with Crippen LogP contribution in [0.2, 0.25) is 6.82 Å². The van der Waals surface area contributed by atoms with Crippen molar-refractivity contribution in [3.05, 3.63) is 0 Å². The van der Waals surface area contributed by atoms with Crippen molar-refractivity contribution < 1.29 is 19.5 Å². The van der Waals surface area contributed by atoms with Gasteiger partial charge in [0.15, 0.2) is 0 Å². The molecule has 0 amide bonds.